The topological polar surface area (TPSA) is 97.5 Å². The van der Waals surface area contributed by atoms with Gasteiger partial charge in [0, 0.05) is 17.9 Å². The Morgan fingerprint density at radius 2 is 1.97 bits per heavy atom. The van der Waals surface area contributed by atoms with E-state index >= 15 is 0 Å². The highest BCUT2D eigenvalue weighted by atomic mass is 35.5. The maximum absolute atomic E-state index is 14.7. The summed E-state index contributed by atoms with van der Waals surface area (Å²) in [5.41, 5.74) is 6.13. The van der Waals surface area contributed by atoms with Gasteiger partial charge in [0.2, 0.25) is 5.91 Å². The van der Waals surface area contributed by atoms with Crippen molar-refractivity contribution in [2.75, 3.05) is 10.7 Å². The first-order valence-corrected chi connectivity index (χ1v) is 11.5. The third-order valence-electron chi connectivity index (χ3n) is 4.94. The summed E-state index contributed by atoms with van der Waals surface area (Å²) in [6.45, 7) is -0.0252. The van der Waals surface area contributed by atoms with Crippen molar-refractivity contribution in [2.24, 2.45) is 5.73 Å². The normalized spacial score (nSPS) is 17.5. The molecule has 2 aromatic rings. The number of anilines is 1. The Labute approximate surface area is 185 Å². The van der Waals surface area contributed by atoms with E-state index in [9.17, 15) is 22.4 Å². The number of carbonyl (C=O) groups is 2. The summed E-state index contributed by atoms with van der Waals surface area (Å²) in [6.07, 6.45) is 5.90. The lowest BCUT2D eigenvalue weighted by atomic mass is 10.0. The van der Waals surface area contributed by atoms with Gasteiger partial charge in [0.25, 0.3) is 0 Å². The summed E-state index contributed by atoms with van der Waals surface area (Å²) >= 11 is 5.90. The number of sulfone groups is 1. The third-order valence-corrected chi connectivity index (χ3v) is 6.98. The van der Waals surface area contributed by atoms with Gasteiger partial charge in [-0.1, -0.05) is 23.7 Å². The van der Waals surface area contributed by atoms with E-state index in [1.807, 2.05) is 0 Å². The molecule has 0 saturated heterocycles. The number of nitrogens with zero attached hydrogens (tertiary/aromatic N) is 1. The number of benzene rings is 2. The Kier molecular flexibility index (Phi) is 6.80. The maximum atomic E-state index is 14.7. The van der Waals surface area contributed by atoms with Gasteiger partial charge in [0.1, 0.15) is 5.82 Å². The Hall–Kier alpha value is -2.73. The molecule has 0 fully saturated rings. The van der Waals surface area contributed by atoms with Crippen molar-refractivity contribution >= 4 is 38.8 Å². The number of halogens is 2. The van der Waals surface area contributed by atoms with Crippen molar-refractivity contribution in [3.63, 3.8) is 0 Å². The standard InChI is InChI=1S/C22H20ClFN2O4S/c1-2-3-4-5-20(27)16-10-19-21(11-17(16)24)31(29,30)13-18(25)22(28)26(19)12-14-6-8-15(23)9-7-14/h1,6-11,18H,3-5,12-13,25H2/t18-/m0/s1. The van der Waals surface area contributed by atoms with E-state index in [1.165, 1.54) is 4.90 Å². The van der Waals surface area contributed by atoms with Gasteiger partial charge in [0.15, 0.2) is 15.6 Å². The molecule has 3 rings (SSSR count). The van der Waals surface area contributed by atoms with Crippen LogP contribution in [0.3, 0.4) is 0 Å². The second kappa shape index (κ2) is 9.18. The SMILES string of the molecule is C#CCCCC(=O)c1cc2c(cc1F)S(=O)(=O)C[C@H](N)C(=O)N2Cc1ccc(Cl)cc1. The molecule has 1 amide bonds. The molecule has 0 bridgehead atoms. The smallest absolute Gasteiger partial charge is 0.245 e. The lowest BCUT2D eigenvalue weighted by Crippen LogP contribution is -2.45. The van der Waals surface area contributed by atoms with Crippen molar-refractivity contribution in [1.29, 1.82) is 0 Å². The minimum absolute atomic E-state index is 0.00268. The van der Waals surface area contributed by atoms with Crippen LogP contribution in [0.2, 0.25) is 5.02 Å². The van der Waals surface area contributed by atoms with Crippen LogP contribution in [0.25, 0.3) is 0 Å². The van der Waals surface area contributed by atoms with E-state index in [0.29, 0.717) is 23.4 Å². The van der Waals surface area contributed by atoms with Crippen LogP contribution in [0, 0.1) is 18.2 Å². The number of carbonyl (C=O) groups excluding carboxylic acids is 2. The van der Waals surface area contributed by atoms with Gasteiger partial charge >= 0.3 is 0 Å². The second-order valence-electron chi connectivity index (χ2n) is 7.22. The molecule has 0 aliphatic carbocycles. The summed E-state index contributed by atoms with van der Waals surface area (Å²) in [7, 11) is -4.06. The Morgan fingerprint density at radius 3 is 2.61 bits per heavy atom. The van der Waals surface area contributed by atoms with Gasteiger partial charge in [-0.05, 0) is 36.2 Å². The van der Waals surface area contributed by atoms with Crippen LogP contribution in [0.15, 0.2) is 41.3 Å². The Bertz CT molecular complexity index is 1170. The molecule has 162 valence electrons. The first-order valence-electron chi connectivity index (χ1n) is 9.48. The van der Waals surface area contributed by atoms with Crippen molar-refractivity contribution in [2.45, 2.75) is 36.7 Å². The predicted molar refractivity (Wildman–Crippen MR) is 116 cm³/mol. The molecule has 2 N–H and O–H groups in total. The van der Waals surface area contributed by atoms with Crippen LogP contribution >= 0.6 is 11.6 Å². The first-order chi connectivity index (χ1) is 14.6. The number of unbranched alkanes of at least 4 members (excludes halogenated alkanes) is 1. The third kappa shape index (κ3) is 4.96. The number of nitrogens with two attached hydrogens (primary N) is 1. The van der Waals surface area contributed by atoms with Gasteiger partial charge in [-0.25, -0.2) is 12.8 Å². The zero-order valence-electron chi connectivity index (χ0n) is 16.5. The van der Waals surface area contributed by atoms with E-state index in [0.717, 1.165) is 12.1 Å². The molecule has 1 aliphatic rings. The second-order valence-corrected chi connectivity index (χ2v) is 9.66. The molecule has 9 heteroatoms. The van der Waals surface area contributed by atoms with E-state index in [2.05, 4.69) is 5.92 Å². The van der Waals surface area contributed by atoms with Gasteiger partial charge in [0.05, 0.1) is 34.5 Å². The minimum atomic E-state index is -4.06. The molecule has 0 saturated carbocycles. The number of terminal acetylenes is 1. The van der Waals surface area contributed by atoms with E-state index in [4.69, 9.17) is 23.8 Å². The van der Waals surface area contributed by atoms with Crippen LogP contribution in [-0.2, 0) is 21.2 Å². The van der Waals surface area contributed by atoms with E-state index < -0.39 is 39.1 Å². The van der Waals surface area contributed by atoms with Gasteiger partial charge in [-0.15, -0.1) is 12.3 Å². The molecule has 0 aromatic heterocycles. The number of Topliss-reactive ketones (excluding diaryl/α,β-unsaturated/α-hetero) is 1. The average molecular weight is 463 g/mol. The first kappa shape index (κ1) is 22.9. The minimum Gasteiger partial charge on any atom is -0.319 e. The lowest BCUT2D eigenvalue weighted by molar-refractivity contribution is -0.119. The van der Waals surface area contributed by atoms with Gasteiger partial charge in [-0.3, -0.25) is 9.59 Å². The molecule has 1 heterocycles. The van der Waals surface area contributed by atoms with Crippen molar-refractivity contribution in [3.05, 3.63) is 58.4 Å². The Balaban J connectivity index is 2.12. The average Bonchev–Trinajstić information content (AvgIpc) is 2.78. The number of fused-ring (bicyclic) bond motifs is 1. The molecule has 6 nitrogen and oxygen atoms in total. The zero-order valence-corrected chi connectivity index (χ0v) is 18.0. The fourth-order valence-electron chi connectivity index (χ4n) is 3.35. The van der Waals surface area contributed by atoms with Crippen LogP contribution in [0.1, 0.15) is 35.2 Å². The zero-order chi connectivity index (χ0) is 22.8. The molecular weight excluding hydrogens is 443 g/mol. The highest BCUT2D eigenvalue weighted by Gasteiger charge is 2.37. The molecular formula is C22H20ClFN2O4S. The number of hydrogen-bond acceptors (Lipinski definition) is 5. The lowest BCUT2D eigenvalue weighted by Gasteiger charge is -2.25. The molecule has 0 unspecified atom stereocenters. The summed E-state index contributed by atoms with van der Waals surface area (Å²) in [4.78, 5) is 26.3. The largest absolute Gasteiger partial charge is 0.319 e. The highest BCUT2D eigenvalue weighted by Crippen LogP contribution is 2.34. The van der Waals surface area contributed by atoms with Crippen LogP contribution in [0.4, 0.5) is 10.1 Å². The van der Waals surface area contributed by atoms with E-state index in [1.54, 1.807) is 24.3 Å². The van der Waals surface area contributed by atoms with Crippen LogP contribution < -0.4 is 10.6 Å². The molecule has 1 aliphatic heterocycles. The molecule has 31 heavy (non-hydrogen) atoms. The van der Waals surface area contributed by atoms with Crippen molar-refractivity contribution < 1.29 is 22.4 Å². The maximum Gasteiger partial charge on any atom is 0.245 e. The van der Waals surface area contributed by atoms with Crippen molar-refractivity contribution in [1.82, 2.24) is 0 Å². The number of ketones is 1. The Morgan fingerprint density at radius 1 is 1.29 bits per heavy atom. The summed E-state index contributed by atoms with van der Waals surface area (Å²) < 4.78 is 40.3. The van der Waals surface area contributed by atoms with E-state index in [-0.39, 0.29) is 29.1 Å². The fourth-order valence-corrected chi connectivity index (χ4v) is 5.05. The monoisotopic (exact) mass is 462 g/mol. The van der Waals surface area contributed by atoms with Crippen LogP contribution in [0.5, 0.6) is 0 Å². The molecule has 0 radical (unpaired) electrons. The summed E-state index contributed by atoms with van der Waals surface area (Å²) in [6, 6.07) is 7.18. The van der Waals surface area contributed by atoms with Crippen molar-refractivity contribution in [3.8, 4) is 12.3 Å². The number of rotatable bonds is 6. The summed E-state index contributed by atoms with van der Waals surface area (Å²) in [5.74, 6) is -0.398. The quantitative estimate of drug-likeness (QED) is 0.404. The predicted octanol–water partition coefficient (Wildman–Crippen LogP) is 3.11. The van der Waals surface area contributed by atoms with Gasteiger partial charge < -0.3 is 10.6 Å². The number of amides is 1. The molecule has 0 spiro atoms. The summed E-state index contributed by atoms with van der Waals surface area (Å²) in [5, 5.41) is 0.493. The fraction of sp³-hybridized carbons (Fsp3) is 0.273. The molecule has 2 aromatic carbocycles. The highest BCUT2D eigenvalue weighted by molar-refractivity contribution is 7.91. The number of hydrogen-bond donors (Lipinski definition) is 1. The molecule has 1 atom stereocenters. The van der Waals surface area contributed by atoms with Crippen LogP contribution in [-0.4, -0.2) is 31.9 Å². The van der Waals surface area contributed by atoms with Gasteiger partial charge in [-0.2, -0.15) is 0 Å².